The van der Waals surface area contributed by atoms with Gasteiger partial charge in [-0.3, -0.25) is 4.99 Å². The Hall–Kier alpha value is -1.06. The summed E-state index contributed by atoms with van der Waals surface area (Å²) in [6, 6.07) is 0. The topological polar surface area (TPSA) is 12.4 Å². The molecule has 0 fully saturated rings. The molecule has 0 heterocycles. The second-order valence-electron chi connectivity index (χ2n) is 1.70. The lowest BCUT2D eigenvalue weighted by atomic mass is 10.3. The third kappa shape index (κ3) is 3.60. The predicted octanol–water partition coefficient (Wildman–Crippen LogP) is 2.36. The van der Waals surface area contributed by atoms with Gasteiger partial charge in [-0.05, 0) is 6.08 Å². The van der Waals surface area contributed by atoms with Crippen molar-refractivity contribution in [1.82, 2.24) is 0 Å². The van der Waals surface area contributed by atoms with Crippen LogP contribution in [0.25, 0.3) is 0 Å². The molecule has 0 aromatic rings. The Labute approximate surface area is 62.9 Å². The van der Waals surface area contributed by atoms with Gasteiger partial charge in [-0.25, -0.2) is 0 Å². The van der Waals surface area contributed by atoms with Crippen molar-refractivity contribution in [1.29, 1.82) is 0 Å². The van der Waals surface area contributed by atoms with E-state index >= 15 is 0 Å². The van der Waals surface area contributed by atoms with Gasteiger partial charge in [0.05, 0.1) is 0 Å². The molecule has 0 aliphatic rings. The van der Waals surface area contributed by atoms with E-state index in [-0.39, 0.29) is 0 Å². The van der Waals surface area contributed by atoms with Crippen LogP contribution in [-0.2, 0) is 0 Å². The third-order valence-corrected chi connectivity index (χ3v) is 0.922. The quantitative estimate of drug-likeness (QED) is 0.437. The first kappa shape index (κ1) is 9.94. The van der Waals surface area contributed by atoms with E-state index in [1.54, 1.807) is 0 Å². The lowest BCUT2D eigenvalue weighted by molar-refractivity contribution is -0.0577. The van der Waals surface area contributed by atoms with Crippen LogP contribution in [0.4, 0.5) is 13.2 Å². The normalized spacial score (nSPS) is 14.0. The summed E-state index contributed by atoms with van der Waals surface area (Å²) < 4.78 is 35.5. The van der Waals surface area contributed by atoms with Gasteiger partial charge in [0.25, 0.3) is 0 Å². The number of aliphatic imine (C=N–C) groups is 1. The number of nitrogens with zero attached hydrogens (tertiary/aromatic N) is 1. The summed E-state index contributed by atoms with van der Waals surface area (Å²) in [5, 5.41) is 0. The van der Waals surface area contributed by atoms with Crippen LogP contribution >= 0.6 is 0 Å². The fraction of sp³-hybridized carbons (Fsp3) is 0.286. The average molecular weight is 163 g/mol. The van der Waals surface area contributed by atoms with Gasteiger partial charge in [0.15, 0.2) is 0 Å². The van der Waals surface area contributed by atoms with Gasteiger partial charge in [-0.2, -0.15) is 13.2 Å². The summed E-state index contributed by atoms with van der Waals surface area (Å²) in [7, 11) is 1.09. The Morgan fingerprint density at radius 1 is 1.45 bits per heavy atom. The largest absolute Gasteiger partial charge is 0.432 e. The molecule has 0 saturated heterocycles. The molecule has 0 atom stereocenters. The molecule has 0 rings (SSSR count). The van der Waals surface area contributed by atoms with E-state index in [2.05, 4.69) is 11.6 Å². The van der Waals surface area contributed by atoms with Crippen molar-refractivity contribution in [2.24, 2.45) is 4.99 Å². The summed E-state index contributed by atoms with van der Waals surface area (Å²) in [5.74, 6) is 0. The molecule has 4 heteroatoms. The Bertz CT molecular complexity index is 188. The summed E-state index contributed by atoms with van der Waals surface area (Å²) in [6.45, 7) is 3.24. The van der Waals surface area contributed by atoms with E-state index in [4.69, 9.17) is 0 Å². The Balaban J connectivity index is 4.45. The first-order valence-electron chi connectivity index (χ1n) is 2.85. The first-order valence-corrected chi connectivity index (χ1v) is 2.85. The van der Waals surface area contributed by atoms with Crippen molar-refractivity contribution in [2.75, 3.05) is 7.05 Å². The van der Waals surface area contributed by atoms with Crippen molar-refractivity contribution in [2.45, 2.75) is 6.18 Å². The molecule has 0 radical (unpaired) electrons. The molecule has 0 saturated carbocycles. The SMILES string of the molecule is C=C/C=C\C(=NC)C(F)(F)F. The monoisotopic (exact) mass is 163 g/mol. The number of allylic oxidation sites excluding steroid dienone is 3. The zero-order valence-electron chi connectivity index (χ0n) is 6.02. The molecule has 11 heavy (non-hydrogen) atoms. The van der Waals surface area contributed by atoms with Crippen LogP contribution < -0.4 is 0 Å². The lowest BCUT2D eigenvalue weighted by Crippen LogP contribution is -2.20. The van der Waals surface area contributed by atoms with Crippen molar-refractivity contribution in [3.05, 3.63) is 24.8 Å². The highest BCUT2D eigenvalue weighted by Crippen LogP contribution is 2.17. The maximum Gasteiger partial charge on any atom is 0.432 e. The summed E-state index contributed by atoms with van der Waals surface area (Å²) in [4.78, 5) is 3.05. The minimum atomic E-state index is -4.37. The van der Waals surface area contributed by atoms with Gasteiger partial charge in [0, 0.05) is 7.05 Å². The number of alkyl halides is 3. The van der Waals surface area contributed by atoms with Gasteiger partial charge >= 0.3 is 6.18 Å². The molecule has 0 bridgehead atoms. The van der Waals surface area contributed by atoms with Crippen LogP contribution in [-0.4, -0.2) is 18.9 Å². The van der Waals surface area contributed by atoms with Crippen LogP contribution in [0, 0.1) is 0 Å². The molecule has 0 aromatic carbocycles. The zero-order valence-corrected chi connectivity index (χ0v) is 6.02. The smallest absolute Gasteiger partial charge is 0.284 e. The van der Waals surface area contributed by atoms with Crippen LogP contribution in [0.3, 0.4) is 0 Å². The van der Waals surface area contributed by atoms with E-state index in [1.807, 2.05) is 0 Å². The van der Waals surface area contributed by atoms with Crippen molar-refractivity contribution in [3.8, 4) is 0 Å². The van der Waals surface area contributed by atoms with Gasteiger partial charge in [-0.15, -0.1) is 0 Å². The lowest BCUT2D eigenvalue weighted by Gasteiger charge is -2.03. The Morgan fingerprint density at radius 2 is 2.00 bits per heavy atom. The summed E-state index contributed by atoms with van der Waals surface area (Å²) in [6.07, 6.45) is -1.05. The molecule has 0 N–H and O–H groups in total. The van der Waals surface area contributed by atoms with Crippen LogP contribution in [0.2, 0.25) is 0 Å². The molecule has 0 spiro atoms. The van der Waals surface area contributed by atoms with E-state index in [0.717, 1.165) is 13.1 Å². The Kier molecular flexibility index (Phi) is 3.57. The fourth-order valence-corrected chi connectivity index (χ4v) is 0.455. The van der Waals surface area contributed by atoms with E-state index in [1.165, 1.54) is 12.2 Å². The maximum atomic E-state index is 11.8. The van der Waals surface area contributed by atoms with Crippen LogP contribution in [0.5, 0.6) is 0 Å². The van der Waals surface area contributed by atoms with Crippen LogP contribution in [0.1, 0.15) is 0 Å². The number of hydrogen-bond acceptors (Lipinski definition) is 1. The van der Waals surface area contributed by atoms with Crippen molar-refractivity contribution >= 4 is 5.71 Å². The molecule has 0 amide bonds. The summed E-state index contributed by atoms with van der Waals surface area (Å²) >= 11 is 0. The van der Waals surface area contributed by atoms with Crippen molar-refractivity contribution in [3.63, 3.8) is 0 Å². The minimum Gasteiger partial charge on any atom is -0.284 e. The molecular weight excluding hydrogens is 155 g/mol. The maximum absolute atomic E-state index is 11.8. The third-order valence-electron chi connectivity index (χ3n) is 0.922. The Morgan fingerprint density at radius 3 is 2.27 bits per heavy atom. The number of hydrogen-bond donors (Lipinski definition) is 0. The van der Waals surface area contributed by atoms with E-state index < -0.39 is 11.9 Å². The molecule has 62 valence electrons. The highest BCUT2D eigenvalue weighted by Gasteiger charge is 2.32. The number of halogens is 3. The highest BCUT2D eigenvalue weighted by molar-refractivity contribution is 5.99. The second kappa shape index (κ2) is 3.95. The molecule has 0 aliphatic heterocycles. The van der Waals surface area contributed by atoms with Crippen molar-refractivity contribution < 1.29 is 13.2 Å². The fourth-order valence-electron chi connectivity index (χ4n) is 0.455. The van der Waals surface area contributed by atoms with Crippen LogP contribution in [0.15, 0.2) is 29.8 Å². The number of rotatable bonds is 2. The van der Waals surface area contributed by atoms with Gasteiger partial charge in [0.2, 0.25) is 0 Å². The predicted molar refractivity (Wildman–Crippen MR) is 38.8 cm³/mol. The van der Waals surface area contributed by atoms with Gasteiger partial charge < -0.3 is 0 Å². The van der Waals surface area contributed by atoms with Gasteiger partial charge in [0.1, 0.15) is 5.71 Å². The van der Waals surface area contributed by atoms with E-state index in [0.29, 0.717) is 0 Å². The molecular formula is C7H8F3N. The molecule has 0 aromatic heterocycles. The first-order chi connectivity index (χ1) is 5.02. The standard InChI is InChI=1S/C7H8F3N/c1-3-4-5-6(11-2)7(8,9)10/h3-5H,1H2,2H3/b5-4-,11-6?. The second-order valence-corrected chi connectivity index (χ2v) is 1.70. The molecule has 0 unspecified atom stereocenters. The summed E-state index contributed by atoms with van der Waals surface area (Å²) in [5.41, 5.74) is -0.905. The van der Waals surface area contributed by atoms with Gasteiger partial charge in [-0.1, -0.05) is 18.7 Å². The highest BCUT2D eigenvalue weighted by atomic mass is 19.4. The molecule has 1 nitrogen and oxygen atoms in total. The van der Waals surface area contributed by atoms with E-state index in [9.17, 15) is 13.2 Å². The molecule has 0 aliphatic carbocycles. The zero-order chi connectivity index (χ0) is 8.91. The average Bonchev–Trinajstić information content (AvgIpc) is 1.87. The minimum absolute atomic E-state index is 0.868.